The Bertz CT molecular complexity index is 979. The fourth-order valence-corrected chi connectivity index (χ4v) is 4.44. The molecule has 0 radical (unpaired) electrons. The molecule has 4 rings (SSSR count). The number of amides is 1. The first-order chi connectivity index (χ1) is 15.5. The van der Waals surface area contributed by atoms with Gasteiger partial charge in [0.15, 0.2) is 0 Å². The van der Waals surface area contributed by atoms with Crippen molar-refractivity contribution in [2.24, 2.45) is 11.8 Å². The fourth-order valence-electron chi connectivity index (χ4n) is 4.44. The molecule has 1 amide bonds. The molecule has 0 spiro atoms. The smallest absolute Gasteiger partial charge is 0.253 e. The van der Waals surface area contributed by atoms with Crippen LogP contribution in [0.3, 0.4) is 0 Å². The topological polar surface area (TPSA) is 67.8 Å². The van der Waals surface area contributed by atoms with E-state index in [0.29, 0.717) is 5.56 Å². The predicted octanol–water partition coefficient (Wildman–Crippen LogP) is 2.52. The quantitative estimate of drug-likeness (QED) is 0.356. The minimum absolute atomic E-state index is 0.113. The first-order valence-corrected chi connectivity index (χ1v) is 11.3. The standard InChI is InChI=1S/C26H32N4O2/c1-18(25(27-2)28-32)29(3)26(31)22-12-10-20(11-13-22)5-4-19-6-8-21(9-7-19)15-30-16-23-14-24(23)17-30/h6-13,18,23-25,27-28,32H,14-17H2,1-3H3. The van der Waals surface area contributed by atoms with Crippen LogP contribution in [-0.2, 0) is 6.54 Å². The number of carbonyl (C=O) groups excluding carboxylic acids is 1. The highest BCUT2D eigenvalue weighted by Crippen LogP contribution is 2.45. The summed E-state index contributed by atoms with van der Waals surface area (Å²) in [4.78, 5) is 16.9. The lowest BCUT2D eigenvalue weighted by Gasteiger charge is -2.30. The second-order valence-corrected chi connectivity index (χ2v) is 9.03. The van der Waals surface area contributed by atoms with Crippen molar-refractivity contribution in [3.05, 3.63) is 70.8 Å². The Morgan fingerprint density at radius 2 is 1.66 bits per heavy atom. The molecule has 0 aromatic heterocycles. The predicted molar refractivity (Wildman–Crippen MR) is 125 cm³/mol. The van der Waals surface area contributed by atoms with Crippen LogP contribution in [-0.4, -0.2) is 60.3 Å². The number of rotatable bonds is 7. The largest absolute Gasteiger partial charge is 0.336 e. The van der Waals surface area contributed by atoms with Gasteiger partial charge in [-0.25, -0.2) is 0 Å². The molecule has 6 nitrogen and oxygen atoms in total. The van der Waals surface area contributed by atoms with E-state index in [9.17, 15) is 10.0 Å². The van der Waals surface area contributed by atoms with Crippen LogP contribution in [0.25, 0.3) is 0 Å². The van der Waals surface area contributed by atoms with Crippen LogP contribution in [0.15, 0.2) is 48.5 Å². The first-order valence-electron chi connectivity index (χ1n) is 11.3. The maximum atomic E-state index is 12.7. The Morgan fingerprint density at radius 3 is 2.19 bits per heavy atom. The summed E-state index contributed by atoms with van der Waals surface area (Å²) in [5.74, 6) is 8.21. The van der Waals surface area contributed by atoms with Gasteiger partial charge >= 0.3 is 0 Å². The molecule has 4 unspecified atom stereocenters. The summed E-state index contributed by atoms with van der Waals surface area (Å²) in [6.07, 6.45) is 1.02. The van der Waals surface area contributed by atoms with Gasteiger partial charge in [-0.05, 0) is 74.2 Å². The first kappa shape index (κ1) is 22.5. The SMILES string of the molecule is CNC(NO)C(C)N(C)C(=O)c1ccc(C#Cc2ccc(CN3CC4CC4C3)cc2)cc1. The zero-order chi connectivity index (χ0) is 22.7. The van der Waals surface area contributed by atoms with Crippen LogP contribution in [0, 0.1) is 23.7 Å². The normalized spacial score (nSPS) is 21.2. The van der Waals surface area contributed by atoms with Crippen molar-refractivity contribution in [2.75, 3.05) is 27.2 Å². The highest BCUT2D eigenvalue weighted by molar-refractivity contribution is 5.94. The molecule has 1 saturated carbocycles. The van der Waals surface area contributed by atoms with Crippen molar-refractivity contribution in [3.8, 4) is 11.8 Å². The van der Waals surface area contributed by atoms with Crippen molar-refractivity contribution < 1.29 is 10.0 Å². The molecular formula is C26H32N4O2. The molecule has 1 aliphatic carbocycles. The monoisotopic (exact) mass is 432 g/mol. The van der Waals surface area contributed by atoms with Gasteiger partial charge in [-0.2, -0.15) is 5.48 Å². The lowest BCUT2D eigenvalue weighted by molar-refractivity contribution is 0.0493. The number of likely N-dealkylation sites (tertiary alicyclic amines) is 1. The maximum absolute atomic E-state index is 12.7. The Labute approximate surface area is 190 Å². The average Bonchev–Trinajstić information content (AvgIpc) is 3.44. The molecule has 0 bridgehead atoms. The van der Waals surface area contributed by atoms with E-state index in [1.165, 1.54) is 25.1 Å². The van der Waals surface area contributed by atoms with E-state index in [0.717, 1.165) is 29.5 Å². The number of likely N-dealkylation sites (N-methyl/N-ethyl adjacent to an activating group) is 2. The van der Waals surface area contributed by atoms with Crippen LogP contribution in [0.4, 0.5) is 0 Å². The van der Waals surface area contributed by atoms with E-state index >= 15 is 0 Å². The number of hydrogen-bond donors (Lipinski definition) is 3. The summed E-state index contributed by atoms with van der Waals surface area (Å²) >= 11 is 0. The van der Waals surface area contributed by atoms with Gasteiger partial charge in [0, 0.05) is 43.4 Å². The minimum atomic E-state index is -0.415. The van der Waals surface area contributed by atoms with Crippen molar-refractivity contribution >= 4 is 5.91 Å². The van der Waals surface area contributed by atoms with Gasteiger partial charge in [-0.3, -0.25) is 9.69 Å². The Hall–Kier alpha value is -2.69. The summed E-state index contributed by atoms with van der Waals surface area (Å²) in [5.41, 5.74) is 5.96. The molecule has 6 heteroatoms. The van der Waals surface area contributed by atoms with Gasteiger partial charge in [0.25, 0.3) is 5.91 Å². The fraction of sp³-hybridized carbons (Fsp3) is 0.423. The Kier molecular flexibility index (Phi) is 6.92. The zero-order valence-corrected chi connectivity index (χ0v) is 19.0. The molecule has 2 aromatic rings. The third kappa shape index (κ3) is 5.20. The molecule has 3 N–H and O–H groups in total. The number of benzene rings is 2. The molecule has 2 aliphatic rings. The van der Waals surface area contributed by atoms with Crippen LogP contribution in [0.5, 0.6) is 0 Å². The summed E-state index contributed by atoms with van der Waals surface area (Å²) < 4.78 is 0. The van der Waals surface area contributed by atoms with Gasteiger partial charge in [0.1, 0.15) is 6.17 Å². The molecule has 168 valence electrons. The molecule has 4 atom stereocenters. The molecule has 2 fully saturated rings. The number of piperidine rings is 1. The van der Waals surface area contributed by atoms with E-state index in [1.54, 1.807) is 31.1 Å². The van der Waals surface area contributed by atoms with Gasteiger partial charge in [0.2, 0.25) is 0 Å². The number of nitrogens with one attached hydrogen (secondary N) is 2. The van der Waals surface area contributed by atoms with Crippen molar-refractivity contribution in [3.63, 3.8) is 0 Å². The Balaban J connectivity index is 1.34. The summed E-state index contributed by atoms with van der Waals surface area (Å²) in [6, 6.07) is 15.6. The maximum Gasteiger partial charge on any atom is 0.253 e. The average molecular weight is 433 g/mol. The number of carbonyl (C=O) groups is 1. The van der Waals surface area contributed by atoms with E-state index in [1.807, 2.05) is 19.1 Å². The van der Waals surface area contributed by atoms with Crippen molar-refractivity contribution in [1.82, 2.24) is 20.6 Å². The van der Waals surface area contributed by atoms with Crippen molar-refractivity contribution in [1.29, 1.82) is 0 Å². The second-order valence-electron chi connectivity index (χ2n) is 9.03. The van der Waals surface area contributed by atoms with E-state index in [-0.39, 0.29) is 11.9 Å². The third-order valence-electron chi connectivity index (χ3n) is 6.76. The van der Waals surface area contributed by atoms with E-state index < -0.39 is 6.17 Å². The number of fused-ring (bicyclic) bond motifs is 1. The van der Waals surface area contributed by atoms with Crippen molar-refractivity contribution in [2.45, 2.75) is 32.1 Å². The number of hydroxylamine groups is 1. The molecular weight excluding hydrogens is 400 g/mol. The second kappa shape index (κ2) is 9.85. The molecule has 1 heterocycles. The molecule has 1 saturated heterocycles. The van der Waals surface area contributed by atoms with Gasteiger partial charge in [-0.1, -0.05) is 24.0 Å². The van der Waals surface area contributed by atoms with E-state index in [2.05, 4.69) is 51.8 Å². The number of nitrogens with zero attached hydrogens (tertiary/aromatic N) is 2. The highest BCUT2D eigenvalue weighted by atomic mass is 16.5. The molecule has 1 aliphatic heterocycles. The van der Waals surface area contributed by atoms with E-state index in [4.69, 9.17) is 0 Å². The van der Waals surface area contributed by atoms with Gasteiger partial charge < -0.3 is 15.4 Å². The van der Waals surface area contributed by atoms with Crippen LogP contribution >= 0.6 is 0 Å². The zero-order valence-electron chi connectivity index (χ0n) is 19.0. The summed E-state index contributed by atoms with van der Waals surface area (Å²) in [7, 11) is 3.44. The third-order valence-corrected chi connectivity index (χ3v) is 6.76. The van der Waals surface area contributed by atoms with Gasteiger partial charge in [0.05, 0.1) is 6.04 Å². The highest BCUT2D eigenvalue weighted by Gasteiger charge is 2.44. The Morgan fingerprint density at radius 1 is 1.09 bits per heavy atom. The van der Waals surface area contributed by atoms with Gasteiger partial charge in [-0.15, -0.1) is 0 Å². The summed E-state index contributed by atoms with van der Waals surface area (Å²) in [6.45, 7) is 5.41. The minimum Gasteiger partial charge on any atom is -0.336 e. The lowest BCUT2D eigenvalue weighted by atomic mass is 10.1. The van der Waals surface area contributed by atoms with Crippen LogP contribution in [0.2, 0.25) is 0 Å². The molecule has 2 aromatic carbocycles. The molecule has 32 heavy (non-hydrogen) atoms. The number of hydrogen-bond acceptors (Lipinski definition) is 5. The van der Waals surface area contributed by atoms with Crippen LogP contribution < -0.4 is 10.8 Å². The van der Waals surface area contributed by atoms with Crippen LogP contribution in [0.1, 0.15) is 40.4 Å². The summed E-state index contributed by atoms with van der Waals surface area (Å²) in [5, 5.41) is 12.1. The lowest BCUT2D eigenvalue weighted by Crippen LogP contribution is -2.54.